The number of para-hydroxylation sites is 1. The first-order valence-corrected chi connectivity index (χ1v) is 7.84. The maximum Gasteiger partial charge on any atom is 0.151 e. The molecule has 1 aromatic heterocycles. The molecule has 0 bridgehead atoms. The highest BCUT2D eigenvalue weighted by atomic mass is 32.2. The summed E-state index contributed by atoms with van der Waals surface area (Å²) in [6, 6.07) is 7.69. The van der Waals surface area contributed by atoms with Gasteiger partial charge in [-0.05, 0) is 12.1 Å². The second-order valence-electron chi connectivity index (χ2n) is 3.06. The van der Waals surface area contributed by atoms with E-state index in [4.69, 9.17) is 0 Å². The van der Waals surface area contributed by atoms with Gasteiger partial charge in [0.15, 0.2) is 4.34 Å². The molecule has 2 rings (SSSR count). The zero-order valence-corrected chi connectivity index (χ0v) is 10.6. The Hall–Kier alpha value is -0.630. The third-order valence-corrected chi connectivity index (χ3v) is 4.98. The largest absolute Gasteiger partial charge is 0.748 e. The van der Waals surface area contributed by atoms with Crippen molar-refractivity contribution in [1.29, 1.82) is 0 Å². The topological polar surface area (TPSA) is 70.1 Å². The highest BCUT2D eigenvalue weighted by Crippen LogP contribution is 2.29. The number of rotatable bonds is 4. The van der Waals surface area contributed by atoms with E-state index in [1.54, 1.807) is 0 Å². The van der Waals surface area contributed by atoms with Crippen molar-refractivity contribution < 1.29 is 13.0 Å². The maximum atomic E-state index is 10.4. The summed E-state index contributed by atoms with van der Waals surface area (Å²) >= 11 is 2.80. The van der Waals surface area contributed by atoms with Gasteiger partial charge in [-0.15, -0.1) is 11.3 Å². The van der Waals surface area contributed by atoms with Crippen molar-refractivity contribution in [2.24, 2.45) is 0 Å². The van der Waals surface area contributed by atoms with Crippen LogP contribution in [0.15, 0.2) is 28.6 Å². The SMILES string of the molecule is O=S(=O)([O-])CCSc1nc2ccccc2s1. The summed E-state index contributed by atoms with van der Waals surface area (Å²) in [5, 5.41) is 0. The molecule has 0 saturated carbocycles. The molecule has 86 valence electrons. The van der Waals surface area contributed by atoms with E-state index >= 15 is 0 Å². The van der Waals surface area contributed by atoms with E-state index in [2.05, 4.69) is 4.98 Å². The molecule has 4 nitrogen and oxygen atoms in total. The van der Waals surface area contributed by atoms with Crippen molar-refractivity contribution in [3.63, 3.8) is 0 Å². The molecule has 1 aromatic carbocycles. The predicted octanol–water partition coefficient (Wildman–Crippen LogP) is 1.93. The van der Waals surface area contributed by atoms with E-state index in [-0.39, 0.29) is 11.5 Å². The summed E-state index contributed by atoms with van der Waals surface area (Å²) < 4.78 is 33.1. The molecule has 0 aliphatic carbocycles. The first kappa shape index (κ1) is 11.8. The molecule has 0 fully saturated rings. The number of hydrogen-bond acceptors (Lipinski definition) is 6. The summed E-state index contributed by atoms with van der Waals surface area (Å²) in [7, 11) is -4.12. The lowest BCUT2D eigenvalue weighted by Crippen LogP contribution is -2.06. The van der Waals surface area contributed by atoms with E-state index in [1.165, 1.54) is 23.1 Å². The minimum Gasteiger partial charge on any atom is -0.748 e. The highest BCUT2D eigenvalue weighted by Gasteiger charge is 2.04. The van der Waals surface area contributed by atoms with E-state index in [9.17, 15) is 13.0 Å². The average molecular weight is 274 g/mol. The fraction of sp³-hybridized carbons (Fsp3) is 0.222. The van der Waals surface area contributed by atoms with E-state index in [1.807, 2.05) is 24.3 Å². The Kier molecular flexibility index (Phi) is 3.48. The van der Waals surface area contributed by atoms with Crippen LogP contribution in [-0.2, 0) is 10.1 Å². The summed E-state index contributed by atoms with van der Waals surface area (Å²) in [5.41, 5.74) is 0.903. The number of hydrogen-bond donors (Lipinski definition) is 0. The van der Waals surface area contributed by atoms with E-state index in [0.717, 1.165) is 14.6 Å². The molecule has 16 heavy (non-hydrogen) atoms. The Morgan fingerprint density at radius 3 is 2.81 bits per heavy atom. The van der Waals surface area contributed by atoms with Gasteiger partial charge in [0, 0.05) is 11.5 Å². The van der Waals surface area contributed by atoms with Gasteiger partial charge in [-0.2, -0.15) is 0 Å². The Morgan fingerprint density at radius 1 is 1.38 bits per heavy atom. The molecular formula is C9H8NO3S3-. The lowest BCUT2D eigenvalue weighted by Gasteiger charge is -2.03. The standard InChI is InChI=1S/C9H9NO3S3/c11-16(12,13)6-5-14-9-10-7-3-1-2-4-8(7)15-9/h1-4H,5-6H2,(H,11,12,13)/p-1. The van der Waals surface area contributed by atoms with Crippen molar-refractivity contribution in [1.82, 2.24) is 4.98 Å². The van der Waals surface area contributed by atoms with Crippen molar-refractivity contribution >= 4 is 43.4 Å². The molecule has 0 atom stereocenters. The van der Waals surface area contributed by atoms with E-state index < -0.39 is 10.1 Å². The Morgan fingerprint density at radius 2 is 2.12 bits per heavy atom. The summed E-state index contributed by atoms with van der Waals surface area (Å²) in [6.07, 6.45) is 0. The lowest BCUT2D eigenvalue weighted by molar-refractivity contribution is 0.465. The number of thiazole rings is 1. The van der Waals surface area contributed by atoms with Crippen LogP contribution in [0.1, 0.15) is 0 Å². The van der Waals surface area contributed by atoms with Gasteiger partial charge < -0.3 is 4.55 Å². The number of thioether (sulfide) groups is 1. The first-order valence-electron chi connectivity index (χ1n) is 4.46. The Bertz CT molecular complexity index is 558. The van der Waals surface area contributed by atoms with Gasteiger partial charge in [0.05, 0.1) is 20.3 Å². The average Bonchev–Trinajstić information content (AvgIpc) is 2.57. The predicted molar refractivity (Wildman–Crippen MR) is 64.9 cm³/mol. The zero-order valence-electron chi connectivity index (χ0n) is 8.12. The normalized spacial score (nSPS) is 12.1. The van der Waals surface area contributed by atoms with Gasteiger partial charge in [0.25, 0.3) is 0 Å². The van der Waals surface area contributed by atoms with Crippen molar-refractivity contribution in [3.05, 3.63) is 24.3 Å². The molecule has 0 N–H and O–H groups in total. The first-order chi connectivity index (χ1) is 7.54. The van der Waals surface area contributed by atoms with Gasteiger partial charge in [0.1, 0.15) is 0 Å². The number of nitrogens with zero attached hydrogens (tertiary/aromatic N) is 1. The van der Waals surface area contributed by atoms with Crippen LogP contribution in [-0.4, -0.2) is 29.5 Å². The molecule has 0 amide bonds. The zero-order chi connectivity index (χ0) is 11.6. The molecule has 0 aliphatic heterocycles. The monoisotopic (exact) mass is 274 g/mol. The molecule has 0 aliphatic rings. The van der Waals surface area contributed by atoms with E-state index in [0.29, 0.717) is 0 Å². The minimum atomic E-state index is -4.12. The molecular weight excluding hydrogens is 266 g/mol. The van der Waals surface area contributed by atoms with Crippen LogP contribution in [0.5, 0.6) is 0 Å². The smallest absolute Gasteiger partial charge is 0.151 e. The molecule has 7 heteroatoms. The van der Waals surface area contributed by atoms with Crippen LogP contribution < -0.4 is 0 Å². The van der Waals surface area contributed by atoms with Crippen LogP contribution in [0.2, 0.25) is 0 Å². The molecule has 0 radical (unpaired) electrons. The number of benzene rings is 1. The van der Waals surface area contributed by atoms with Gasteiger partial charge in [-0.3, -0.25) is 0 Å². The van der Waals surface area contributed by atoms with Crippen LogP contribution in [0.3, 0.4) is 0 Å². The number of fused-ring (bicyclic) bond motifs is 1. The fourth-order valence-electron chi connectivity index (χ4n) is 1.14. The van der Waals surface area contributed by atoms with Gasteiger partial charge in [-0.25, -0.2) is 13.4 Å². The van der Waals surface area contributed by atoms with Crippen LogP contribution in [0, 0.1) is 0 Å². The van der Waals surface area contributed by atoms with Gasteiger partial charge in [0.2, 0.25) is 0 Å². The fourth-order valence-corrected chi connectivity index (χ4v) is 4.08. The van der Waals surface area contributed by atoms with Gasteiger partial charge in [-0.1, -0.05) is 23.9 Å². The third kappa shape index (κ3) is 3.18. The number of aromatic nitrogens is 1. The van der Waals surface area contributed by atoms with Crippen molar-refractivity contribution in [3.8, 4) is 0 Å². The van der Waals surface area contributed by atoms with Crippen LogP contribution in [0.25, 0.3) is 10.2 Å². The van der Waals surface area contributed by atoms with Crippen LogP contribution in [0.4, 0.5) is 0 Å². The summed E-state index contributed by atoms with van der Waals surface area (Å²) in [4.78, 5) is 4.32. The van der Waals surface area contributed by atoms with Crippen LogP contribution >= 0.6 is 23.1 Å². The van der Waals surface area contributed by atoms with Crippen molar-refractivity contribution in [2.75, 3.05) is 11.5 Å². The molecule has 1 heterocycles. The second-order valence-corrected chi connectivity index (χ2v) is 6.95. The highest BCUT2D eigenvalue weighted by molar-refractivity contribution is 8.01. The Labute approximate surface area is 101 Å². The molecule has 0 saturated heterocycles. The molecule has 0 spiro atoms. The second kappa shape index (κ2) is 4.70. The third-order valence-electron chi connectivity index (χ3n) is 1.83. The lowest BCUT2D eigenvalue weighted by atomic mass is 10.3. The maximum absolute atomic E-state index is 10.4. The van der Waals surface area contributed by atoms with Gasteiger partial charge >= 0.3 is 0 Å². The Balaban J connectivity index is 2.05. The molecule has 2 aromatic rings. The quantitative estimate of drug-likeness (QED) is 0.629. The van der Waals surface area contributed by atoms with Crippen molar-refractivity contribution in [2.45, 2.75) is 4.34 Å². The summed E-state index contributed by atoms with van der Waals surface area (Å²) in [5.74, 6) is -0.0980. The summed E-state index contributed by atoms with van der Waals surface area (Å²) in [6.45, 7) is 0. The minimum absolute atomic E-state index is 0.256. The molecule has 0 unspecified atom stereocenters.